The first-order valence-electron chi connectivity index (χ1n) is 22.2. The summed E-state index contributed by atoms with van der Waals surface area (Å²) in [5, 5.41) is 12.4. The van der Waals surface area contributed by atoms with E-state index in [9.17, 15) is 33.9 Å². The molecule has 4 saturated heterocycles. The molecule has 3 amide bonds. The van der Waals surface area contributed by atoms with Crippen molar-refractivity contribution in [1.29, 1.82) is 0 Å². The number of hydrogen-bond donors (Lipinski definition) is 2. The number of likely N-dealkylation sites (tertiary alicyclic amines) is 3. The van der Waals surface area contributed by atoms with Gasteiger partial charge in [0.25, 0.3) is 0 Å². The number of piperidine rings is 2. The van der Waals surface area contributed by atoms with Crippen molar-refractivity contribution in [3.63, 3.8) is 0 Å². The average molecular weight is 903 g/mol. The Kier molecular flexibility index (Phi) is 21.5. The molecule has 4 rings (SSSR count). The summed E-state index contributed by atoms with van der Waals surface area (Å²) in [6, 6.07) is -2.54. The van der Waals surface area contributed by atoms with Crippen LogP contribution in [0, 0.1) is 11.8 Å². The van der Waals surface area contributed by atoms with Crippen molar-refractivity contribution in [2.75, 3.05) is 13.1 Å². The van der Waals surface area contributed by atoms with Gasteiger partial charge in [-0.2, -0.15) is 0 Å². The Bertz CT molecular complexity index is 1650. The van der Waals surface area contributed by atoms with Crippen LogP contribution in [0.2, 0.25) is 0 Å². The third-order valence-corrected chi connectivity index (χ3v) is 10.5. The fourth-order valence-corrected chi connectivity index (χ4v) is 7.88. The normalized spacial score (nSPS) is 25.9. The predicted molar refractivity (Wildman–Crippen MR) is 249 cm³/mol. The van der Waals surface area contributed by atoms with Crippen LogP contribution < -0.4 is 5.32 Å². The average Bonchev–Trinajstić information content (AvgIpc) is 3.83. The van der Waals surface area contributed by atoms with Crippen LogP contribution in [0.25, 0.3) is 0 Å². The first kappa shape index (κ1) is 57.4. The Morgan fingerprint density at radius 3 is 1.39 bits per heavy atom. The molecule has 2 N–H and O–H groups in total. The monoisotopic (exact) mass is 903 g/mol. The molecular weight excluding hydrogens is 821 g/mol. The molecule has 64 heavy (non-hydrogen) atoms. The highest BCUT2D eigenvalue weighted by atomic mass is 16.6. The number of esters is 2. The van der Waals surface area contributed by atoms with Gasteiger partial charge < -0.3 is 29.0 Å². The van der Waals surface area contributed by atoms with Gasteiger partial charge in [0.1, 0.15) is 46.6 Å². The summed E-state index contributed by atoms with van der Waals surface area (Å²) in [7, 11) is 0. The highest BCUT2D eigenvalue weighted by molar-refractivity contribution is 5.91. The van der Waals surface area contributed by atoms with Crippen LogP contribution in [0.15, 0.2) is 50.6 Å². The Hall–Kier alpha value is -4.66. The van der Waals surface area contributed by atoms with Crippen LogP contribution in [0.3, 0.4) is 0 Å². The number of amides is 3. The standard InChI is InChI=1S/C24H38N2O5.C13H21NO4.C11H19NO2.CH4/c1-9-16-12-11-15-25(22(29)31-24(6,7)8)19(16)20(27)26-17(10-2)13-14-18(26)21(28)30-23(3,4)5;1-5-9-7-6-8-14(10(9)11(15)16)12(17)18-13(2,3)4;1-5-8-6-7-9(12-8)10(13)14-11(2,3)4;/h9-10,16-19H,1-2,11-15H2,3-8H3;5,9-10H,1,6-8H2,2-4H3,(H,15,16);5,8-9,12H,1,6-7H2,2-4H3;1H4/t16?,17-,18-,19?;9-,10-;8-,9-;/m000./s1. The van der Waals surface area contributed by atoms with E-state index in [-0.39, 0.29) is 49.3 Å². The van der Waals surface area contributed by atoms with E-state index in [0.29, 0.717) is 25.9 Å². The molecule has 15 nitrogen and oxygen atoms in total. The van der Waals surface area contributed by atoms with E-state index in [1.165, 1.54) is 9.80 Å². The maximum absolute atomic E-state index is 13.9. The lowest BCUT2D eigenvalue weighted by Crippen LogP contribution is -2.60. The summed E-state index contributed by atoms with van der Waals surface area (Å²) in [5.74, 6) is -2.32. The molecule has 15 heteroatoms. The number of carboxylic acids is 1. The highest BCUT2D eigenvalue weighted by Crippen LogP contribution is 2.34. The molecule has 4 aliphatic rings. The molecule has 8 atom stereocenters. The topological polar surface area (TPSA) is 181 Å². The van der Waals surface area contributed by atoms with Crippen molar-refractivity contribution in [2.24, 2.45) is 11.8 Å². The zero-order valence-electron chi connectivity index (χ0n) is 40.2. The molecule has 0 aromatic rings. The third-order valence-electron chi connectivity index (χ3n) is 10.5. The van der Waals surface area contributed by atoms with Gasteiger partial charge in [-0.1, -0.05) is 31.7 Å². The fraction of sp³-hybridized carbons (Fsp3) is 0.714. The van der Waals surface area contributed by atoms with Gasteiger partial charge in [0, 0.05) is 31.0 Å². The highest BCUT2D eigenvalue weighted by Gasteiger charge is 2.49. The molecule has 0 aromatic heterocycles. The van der Waals surface area contributed by atoms with Crippen LogP contribution in [-0.2, 0) is 38.1 Å². The van der Waals surface area contributed by atoms with E-state index >= 15 is 0 Å². The number of rotatable bonds is 8. The maximum atomic E-state index is 13.9. The number of hydrogen-bond acceptors (Lipinski definition) is 11. The molecule has 0 saturated carbocycles. The van der Waals surface area contributed by atoms with E-state index in [4.69, 9.17) is 18.9 Å². The number of carbonyl (C=O) groups excluding carboxylic acids is 5. The van der Waals surface area contributed by atoms with E-state index in [1.807, 2.05) is 26.8 Å². The van der Waals surface area contributed by atoms with Crippen molar-refractivity contribution in [3.8, 4) is 0 Å². The van der Waals surface area contributed by atoms with Crippen LogP contribution in [0.5, 0.6) is 0 Å². The van der Waals surface area contributed by atoms with E-state index in [0.717, 1.165) is 38.5 Å². The lowest BCUT2D eigenvalue weighted by Gasteiger charge is -2.42. The fourth-order valence-electron chi connectivity index (χ4n) is 7.88. The van der Waals surface area contributed by atoms with Crippen LogP contribution in [0.4, 0.5) is 9.59 Å². The van der Waals surface area contributed by atoms with Crippen molar-refractivity contribution in [1.82, 2.24) is 20.0 Å². The first-order chi connectivity index (χ1) is 29.0. The molecule has 364 valence electrons. The van der Waals surface area contributed by atoms with Gasteiger partial charge in [-0.05, 0) is 134 Å². The predicted octanol–water partition coefficient (Wildman–Crippen LogP) is 8.62. The molecule has 0 aliphatic carbocycles. The lowest BCUT2D eigenvalue weighted by molar-refractivity contribution is -0.165. The number of carboxylic acid groups (broad SMARTS) is 1. The maximum Gasteiger partial charge on any atom is 0.411 e. The molecule has 0 spiro atoms. The summed E-state index contributed by atoms with van der Waals surface area (Å²) < 4.78 is 21.7. The van der Waals surface area contributed by atoms with Crippen LogP contribution in [-0.4, -0.2) is 128 Å². The molecule has 4 aliphatic heterocycles. The number of aliphatic carboxylic acids is 1. The largest absolute Gasteiger partial charge is 0.480 e. The lowest BCUT2D eigenvalue weighted by atomic mass is 9.88. The molecular formula is C49H82N4O11. The Morgan fingerprint density at radius 2 is 1.00 bits per heavy atom. The molecule has 0 radical (unpaired) electrons. The summed E-state index contributed by atoms with van der Waals surface area (Å²) in [4.78, 5) is 79.0. The SMILES string of the molecule is C.C=CC1CCCN(C(=O)OC(C)(C)C)C1C(=O)N1[C@@H](C=C)CC[C@H]1C(=O)OC(C)(C)C.C=C[C@H]1CCCN(C(=O)OC(C)(C)C)[C@@H]1C(=O)O.C=C[C@H]1CC[C@@H](C(=O)OC(C)(C)C)N1. The van der Waals surface area contributed by atoms with Crippen molar-refractivity contribution in [2.45, 2.75) is 201 Å². The second kappa shape index (κ2) is 24.0. The summed E-state index contributed by atoms with van der Waals surface area (Å²) in [6.45, 7) is 37.6. The minimum Gasteiger partial charge on any atom is -0.480 e. The Balaban J connectivity index is 0.000000525. The van der Waals surface area contributed by atoms with E-state index < -0.39 is 64.7 Å². The number of nitrogens with one attached hydrogen (secondary N) is 1. The summed E-state index contributed by atoms with van der Waals surface area (Å²) in [6.07, 6.45) is 11.7. The smallest absolute Gasteiger partial charge is 0.411 e. The third kappa shape index (κ3) is 17.7. The molecule has 4 fully saturated rings. The number of ether oxygens (including phenoxy) is 4. The number of nitrogens with zero attached hydrogens (tertiary/aromatic N) is 3. The van der Waals surface area contributed by atoms with Crippen LogP contribution >= 0.6 is 0 Å². The second-order valence-electron chi connectivity index (χ2n) is 20.5. The zero-order chi connectivity index (χ0) is 48.2. The quantitative estimate of drug-likeness (QED) is 0.135. The van der Waals surface area contributed by atoms with E-state index in [2.05, 4.69) is 31.6 Å². The minimum atomic E-state index is -1.01. The van der Waals surface area contributed by atoms with Crippen LogP contribution in [0.1, 0.15) is 142 Å². The Morgan fingerprint density at radius 1 is 0.562 bits per heavy atom. The molecule has 2 unspecified atom stereocenters. The number of carbonyl (C=O) groups is 6. The van der Waals surface area contributed by atoms with Gasteiger partial charge in [0.15, 0.2) is 0 Å². The van der Waals surface area contributed by atoms with Crippen molar-refractivity contribution >= 4 is 36.0 Å². The van der Waals surface area contributed by atoms with Gasteiger partial charge in [-0.25, -0.2) is 19.2 Å². The van der Waals surface area contributed by atoms with Crippen molar-refractivity contribution in [3.05, 3.63) is 50.6 Å². The molecule has 0 aromatic carbocycles. The van der Waals surface area contributed by atoms with Gasteiger partial charge >= 0.3 is 30.1 Å². The minimum absolute atomic E-state index is 0. The van der Waals surface area contributed by atoms with Gasteiger partial charge in [0.2, 0.25) is 5.91 Å². The first-order valence-corrected chi connectivity index (χ1v) is 22.2. The zero-order valence-corrected chi connectivity index (χ0v) is 40.2. The summed E-state index contributed by atoms with van der Waals surface area (Å²) in [5.41, 5.74) is -2.36. The Labute approximate surface area is 384 Å². The van der Waals surface area contributed by atoms with Crippen molar-refractivity contribution < 1.29 is 52.8 Å². The van der Waals surface area contributed by atoms with Gasteiger partial charge in [-0.15, -0.1) is 26.3 Å². The van der Waals surface area contributed by atoms with E-state index in [1.54, 1.807) is 85.4 Å². The summed E-state index contributed by atoms with van der Waals surface area (Å²) >= 11 is 0. The molecule has 4 heterocycles. The second-order valence-corrected chi connectivity index (χ2v) is 20.5. The van der Waals surface area contributed by atoms with Gasteiger partial charge in [0.05, 0.1) is 6.04 Å². The van der Waals surface area contributed by atoms with Gasteiger partial charge in [-0.3, -0.25) is 24.7 Å². The molecule has 0 bridgehead atoms.